The molecule has 0 aliphatic rings. The molecule has 0 atom stereocenters. The van der Waals surface area contributed by atoms with Crippen LogP contribution in [0.25, 0.3) is 0 Å². The average Bonchev–Trinajstić information content (AvgIpc) is 2.04. The van der Waals surface area contributed by atoms with E-state index in [-0.39, 0.29) is 4.90 Å². The standard InChI is InChI=1S/C9H13BrN2O3S/c1-9(2,3)12-16(14,15)7-4-6(10)5-11-8(7)13/h4-5,12H,1-3H3,(H,11,13). The van der Waals surface area contributed by atoms with Crippen molar-refractivity contribution in [3.05, 3.63) is 27.1 Å². The third-order valence-corrected chi connectivity index (χ3v) is 3.79. The number of aromatic amines is 1. The Labute approximate surface area is 102 Å². The van der Waals surface area contributed by atoms with Crippen molar-refractivity contribution in [2.45, 2.75) is 31.2 Å². The van der Waals surface area contributed by atoms with Gasteiger partial charge in [0, 0.05) is 16.2 Å². The lowest BCUT2D eigenvalue weighted by molar-refractivity contribution is 0.491. The molecule has 1 heterocycles. The summed E-state index contributed by atoms with van der Waals surface area (Å²) in [6, 6.07) is 1.27. The third kappa shape index (κ3) is 3.43. The fourth-order valence-electron chi connectivity index (χ4n) is 1.10. The summed E-state index contributed by atoms with van der Waals surface area (Å²) in [5.74, 6) is 0. The second-order valence-corrected chi connectivity index (χ2v) is 6.93. The van der Waals surface area contributed by atoms with E-state index >= 15 is 0 Å². The van der Waals surface area contributed by atoms with Crippen LogP contribution in [0.15, 0.2) is 26.4 Å². The van der Waals surface area contributed by atoms with Gasteiger partial charge in [-0.25, -0.2) is 13.1 Å². The van der Waals surface area contributed by atoms with E-state index in [2.05, 4.69) is 25.6 Å². The molecule has 0 aromatic carbocycles. The normalized spacial score (nSPS) is 12.8. The van der Waals surface area contributed by atoms with Gasteiger partial charge in [-0.1, -0.05) is 0 Å². The quantitative estimate of drug-likeness (QED) is 0.862. The second kappa shape index (κ2) is 4.31. The van der Waals surface area contributed by atoms with E-state index in [4.69, 9.17) is 0 Å². The molecule has 0 amide bonds. The van der Waals surface area contributed by atoms with E-state index < -0.39 is 21.1 Å². The number of pyridine rings is 1. The second-order valence-electron chi connectivity index (χ2n) is 4.37. The zero-order valence-corrected chi connectivity index (χ0v) is 11.6. The minimum absolute atomic E-state index is 0.295. The van der Waals surface area contributed by atoms with E-state index in [0.717, 1.165) is 0 Å². The largest absolute Gasteiger partial charge is 0.327 e. The summed E-state index contributed by atoms with van der Waals surface area (Å²) in [4.78, 5) is 13.5. The van der Waals surface area contributed by atoms with Crippen LogP contribution in [-0.2, 0) is 10.0 Å². The maximum absolute atomic E-state index is 11.9. The molecule has 0 radical (unpaired) electrons. The summed E-state index contributed by atoms with van der Waals surface area (Å²) in [5, 5.41) is 0. The Hall–Kier alpha value is -0.660. The highest BCUT2D eigenvalue weighted by Gasteiger charge is 2.24. The van der Waals surface area contributed by atoms with Crippen LogP contribution in [0.4, 0.5) is 0 Å². The monoisotopic (exact) mass is 308 g/mol. The molecule has 2 N–H and O–H groups in total. The Balaban J connectivity index is 3.28. The molecule has 7 heteroatoms. The molecular formula is C9H13BrN2O3S. The molecule has 0 unspecified atom stereocenters. The summed E-state index contributed by atoms with van der Waals surface area (Å²) in [6.45, 7) is 5.12. The smallest absolute Gasteiger partial charge is 0.268 e. The zero-order chi connectivity index (χ0) is 12.6. The fraction of sp³-hybridized carbons (Fsp3) is 0.444. The number of H-pyrrole nitrogens is 1. The lowest BCUT2D eigenvalue weighted by atomic mass is 10.1. The number of rotatable bonds is 2. The van der Waals surface area contributed by atoms with Crippen molar-refractivity contribution in [2.24, 2.45) is 0 Å². The van der Waals surface area contributed by atoms with Crippen LogP contribution in [0.1, 0.15) is 20.8 Å². The maximum Gasteiger partial charge on any atom is 0.268 e. The van der Waals surface area contributed by atoms with E-state index in [1.807, 2.05) is 0 Å². The van der Waals surface area contributed by atoms with E-state index in [1.165, 1.54) is 12.3 Å². The number of hydrogen-bond acceptors (Lipinski definition) is 3. The van der Waals surface area contributed by atoms with Crippen LogP contribution in [-0.4, -0.2) is 18.9 Å². The number of aromatic nitrogens is 1. The van der Waals surface area contributed by atoms with E-state index in [1.54, 1.807) is 20.8 Å². The predicted octanol–water partition coefficient (Wildman–Crippen LogP) is 1.21. The number of halogens is 1. The van der Waals surface area contributed by atoms with Crippen LogP contribution >= 0.6 is 15.9 Å². The molecule has 0 saturated heterocycles. The molecular weight excluding hydrogens is 296 g/mol. The van der Waals surface area contributed by atoms with Crippen molar-refractivity contribution in [3.8, 4) is 0 Å². The molecule has 1 aromatic heterocycles. The first-order chi connectivity index (χ1) is 7.12. The van der Waals surface area contributed by atoms with E-state index in [9.17, 15) is 13.2 Å². The van der Waals surface area contributed by atoms with Crippen LogP contribution in [0.3, 0.4) is 0 Å². The lowest BCUT2D eigenvalue weighted by Crippen LogP contribution is -2.42. The molecule has 5 nitrogen and oxygen atoms in total. The van der Waals surface area contributed by atoms with Gasteiger partial charge in [0.25, 0.3) is 5.56 Å². The van der Waals surface area contributed by atoms with Crippen molar-refractivity contribution in [3.63, 3.8) is 0 Å². The molecule has 0 fully saturated rings. The minimum atomic E-state index is -3.79. The summed E-state index contributed by atoms with van der Waals surface area (Å²) >= 11 is 3.11. The Kier molecular flexibility index (Phi) is 3.61. The summed E-state index contributed by atoms with van der Waals surface area (Å²) in [5.41, 5.74) is -1.27. The summed E-state index contributed by atoms with van der Waals surface area (Å²) in [7, 11) is -3.79. The summed E-state index contributed by atoms with van der Waals surface area (Å²) < 4.78 is 26.7. The Morgan fingerprint density at radius 2 is 1.94 bits per heavy atom. The van der Waals surface area contributed by atoms with Crippen LogP contribution < -0.4 is 10.3 Å². The number of nitrogens with one attached hydrogen (secondary N) is 2. The molecule has 0 bridgehead atoms. The first-order valence-corrected chi connectivity index (χ1v) is 6.82. The van der Waals surface area contributed by atoms with Gasteiger partial charge in [-0.05, 0) is 42.8 Å². The molecule has 16 heavy (non-hydrogen) atoms. The lowest BCUT2D eigenvalue weighted by Gasteiger charge is -2.19. The van der Waals surface area contributed by atoms with Crippen molar-refractivity contribution < 1.29 is 8.42 Å². The fourth-order valence-corrected chi connectivity index (χ4v) is 3.09. The van der Waals surface area contributed by atoms with Gasteiger partial charge in [0.15, 0.2) is 0 Å². The number of hydrogen-bond donors (Lipinski definition) is 2. The Morgan fingerprint density at radius 1 is 1.38 bits per heavy atom. The van der Waals surface area contributed by atoms with Crippen molar-refractivity contribution in [1.29, 1.82) is 0 Å². The number of sulfonamides is 1. The Morgan fingerprint density at radius 3 is 2.44 bits per heavy atom. The maximum atomic E-state index is 11.9. The molecule has 1 aromatic rings. The minimum Gasteiger partial charge on any atom is -0.327 e. The topological polar surface area (TPSA) is 79.0 Å². The van der Waals surface area contributed by atoms with Crippen molar-refractivity contribution in [1.82, 2.24) is 9.71 Å². The highest BCUT2D eigenvalue weighted by molar-refractivity contribution is 9.10. The van der Waals surface area contributed by atoms with Gasteiger partial charge in [-0.3, -0.25) is 4.79 Å². The Bertz CT molecular complexity index is 543. The first-order valence-electron chi connectivity index (χ1n) is 4.54. The van der Waals surface area contributed by atoms with Gasteiger partial charge in [-0.2, -0.15) is 0 Å². The zero-order valence-electron chi connectivity index (χ0n) is 9.17. The first kappa shape index (κ1) is 13.4. The van der Waals surface area contributed by atoms with Crippen LogP contribution in [0.2, 0.25) is 0 Å². The van der Waals surface area contributed by atoms with Crippen molar-refractivity contribution in [2.75, 3.05) is 0 Å². The van der Waals surface area contributed by atoms with E-state index in [0.29, 0.717) is 4.47 Å². The summed E-state index contributed by atoms with van der Waals surface area (Å²) in [6.07, 6.45) is 1.39. The van der Waals surface area contributed by atoms with Gasteiger partial charge in [0.05, 0.1) is 0 Å². The SMILES string of the molecule is CC(C)(C)NS(=O)(=O)c1cc(Br)c[nH]c1=O. The molecule has 0 saturated carbocycles. The van der Waals surface area contributed by atoms with Gasteiger partial charge in [0.2, 0.25) is 10.0 Å². The van der Waals surface area contributed by atoms with Gasteiger partial charge >= 0.3 is 0 Å². The molecule has 0 aliphatic heterocycles. The molecule has 90 valence electrons. The highest BCUT2D eigenvalue weighted by Crippen LogP contribution is 2.13. The van der Waals surface area contributed by atoms with Crippen LogP contribution in [0, 0.1) is 0 Å². The van der Waals surface area contributed by atoms with Crippen LogP contribution in [0.5, 0.6) is 0 Å². The molecule has 0 spiro atoms. The molecule has 0 aliphatic carbocycles. The van der Waals surface area contributed by atoms with Crippen molar-refractivity contribution >= 4 is 26.0 Å². The van der Waals surface area contributed by atoms with Gasteiger partial charge in [-0.15, -0.1) is 0 Å². The third-order valence-electron chi connectivity index (χ3n) is 1.56. The molecule has 1 rings (SSSR count). The highest BCUT2D eigenvalue weighted by atomic mass is 79.9. The van der Waals surface area contributed by atoms with Gasteiger partial charge < -0.3 is 4.98 Å². The average molecular weight is 309 g/mol. The predicted molar refractivity (Wildman–Crippen MR) is 64.8 cm³/mol. The van der Waals surface area contributed by atoms with Gasteiger partial charge in [0.1, 0.15) is 4.90 Å².